The predicted molar refractivity (Wildman–Crippen MR) is 62.6 cm³/mol. The first-order chi connectivity index (χ1) is 6.49. The standard InChI is InChI=1S/C10H10Cl2OS/c1-6(2)14-9-4-7(10(12)13)3-8(11)5-9/h3-6H,1-2H3. The van der Waals surface area contributed by atoms with Gasteiger partial charge >= 0.3 is 0 Å². The van der Waals surface area contributed by atoms with Crippen molar-refractivity contribution in [3.63, 3.8) is 0 Å². The summed E-state index contributed by atoms with van der Waals surface area (Å²) < 4.78 is 0. The molecule has 0 aliphatic carbocycles. The van der Waals surface area contributed by atoms with Crippen LogP contribution in [0.2, 0.25) is 5.02 Å². The van der Waals surface area contributed by atoms with Gasteiger partial charge in [0.2, 0.25) is 0 Å². The van der Waals surface area contributed by atoms with Gasteiger partial charge in [-0.3, -0.25) is 4.79 Å². The Bertz CT molecular complexity index is 350. The van der Waals surface area contributed by atoms with Crippen LogP contribution in [0.1, 0.15) is 24.2 Å². The maximum atomic E-state index is 10.9. The van der Waals surface area contributed by atoms with E-state index in [0.717, 1.165) is 4.90 Å². The maximum Gasteiger partial charge on any atom is 0.252 e. The van der Waals surface area contributed by atoms with Gasteiger partial charge in [-0.15, -0.1) is 11.8 Å². The second-order valence-electron chi connectivity index (χ2n) is 3.12. The van der Waals surface area contributed by atoms with Crippen molar-refractivity contribution in [2.24, 2.45) is 0 Å². The lowest BCUT2D eigenvalue weighted by Crippen LogP contribution is -1.91. The predicted octanol–water partition coefficient (Wildman–Crippen LogP) is 4.22. The molecule has 0 spiro atoms. The van der Waals surface area contributed by atoms with E-state index in [1.807, 2.05) is 6.07 Å². The number of rotatable bonds is 3. The van der Waals surface area contributed by atoms with Crippen molar-refractivity contribution in [2.75, 3.05) is 0 Å². The summed E-state index contributed by atoms with van der Waals surface area (Å²) >= 11 is 12.9. The van der Waals surface area contributed by atoms with Gasteiger partial charge in [0.05, 0.1) is 0 Å². The molecule has 0 bridgehead atoms. The smallest absolute Gasteiger partial charge is 0.252 e. The third-order valence-electron chi connectivity index (χ3n) is 1.47. The molecule has 0 aliphatic heterocycles. The maximum absolute atomic E-state index is 10.9. The third kappa shape index (κ3) is 3.52. The summed E-state index contributed by atoms with van der Waals surface area (Å²) in [5.41, 5.74) is 0.447. The zero-order valence-corrected chi connectivity index (χ0v) is 10.2. The molecule has 0 saturated carbocycles. The summed E-state index contributed by atoms with van der Waals surface area (Å²) in [5, 5.41) is 0.518. The Kier molecular flexibility index (Phi) is 4.30. The van der Waals surface area contributed by atoms with Gasteiger partial charge in [0.25, 0.3) is 5.24 Å². The molecule has 0 saturated heterocycles. The minimum Gasteiger partial charge on any atom is -0.276 e. The van der Waals surface area contributed by atoms with E-state index >= 15 is 0 Å². The van der Waals surface area contributed by atoms with E-state index in [4.69, 9.17) is 23.2 Å². The van der Waals surface area contributed by atoms with Crippen molar-refractivity contribution in [3.8, 4) is 0 Å². The molecule has 4 heteroatoms. The molecule has 1 aromatic rings. The van der Waals surface area contributed by atoms with Gasteiger partial charge in [-0.2, -0.15) is 0 Å². The van der Waals surface area contributed by atoms with Gasteiger partial charge in [0.15, 0.2) is 0 Å². The molecule has 0 unspecified atom stereocenters. The Balaban J connectivity index is 3.01. The summed E-state index contributed by atoms with van der Waals surface area (Å²) in [5.74, 6) is 0. The molecule has 0 heterocycles. The monoisotopic (exact) mass is 248 g/mol. The second kappa shape index (κ2) is 5.06. The summed E-state index contributed by atoms with van der Waals surface area (Å²) in [6, 6.07) is 5.16. The van der Waals surface area contributed by atoms with Crippen LogP contribution in [0.5, 0.6) is 0 Å². The Labute approximate surface area is 97.8 Å². The molecule has 76 valence electrons. The highest BCUT2D eigenvalue weighted by Crippen LogP contribution is 2.27. The Morgan fingerprint density at radius 3 is 2.50 bits per heavy atom. The number of carbonyl (C=O) groups excluding carboxylic acids is 1. The molecule has 0 amide bonds. The molecule has 0 radical (unpaired) electrons. The number of carbonyl (C=O) groups is 1. The average molecular weight is 249 g/mol. The lowest BCUT2D eigenvalue weighted by atomic mass is 10.2. The van der Waals surface area contributed by atoms with Crippen LogP contribution < -0.4 is 0 Å². The van der Waals surface area contributed by atoms with Crippen molar-refractivity contribution in [1.82, 2.24) is 0 Å². The van der Waals surface area contributed by atoms with Crippen LogP contribution in [0.3, 0.4) is 0 Å². The third-order valence-corrected chi connectivity index (χ3v) is 2.89. The van der Waals surface area contributed by atoms with E-state index < -0.39 is 5.24 Å². The number of thioether (sulfide) groups is 1. The number of hydrogen-bond donors (Lipinski definition) is 0. The topological polar surface area (TPSA) is 17.1 Å². The van der Waals surface area contributed by atoms with Crippen LogP contribution in [0.4, 0.5) is 0 Å². The van der Waals surface area contributed by atoms with E-state index in [-0.39, 0.29) is 0 Å². The van der Waals surface area contributed by atoms with Crippen molar-refractivity contribution >= 4 is 40.2 Å². The molecule has 0 aliphatic rings. The molecular weight excluding hydrogens is 239 g/mol. The highest BCUT2D eigenvalue weighted by atomic mass is 35.5. The highest BCUT2D eigenvalue weighted by molar-refractivity contribution is 7.99. The van der Waals surface area contributed by atoms with E-state index in [2.05, 4.69) is 13.8 Å². The summed E-state index contributed by atoms with van der Waals surface area (Å²) in [7, 11) is 0. The van der Waals surface area contributed by atoms with Crippen molar-refractivity contribution in [2.45, 2.75) is 24.0 Å². The minimum atomic E-state index is -0.474. The van der Waals surface area contributed by atoms with E-state index in [1.54, 1.807) is 23.9 Å². The lowest BCUT2D eigenvalue weighted by Gasteiger charge is -2.06. The molecule has 1 nitrogen and oxygen atoms in total. The fraction of sp³-hybridized carbons (Fsp3) is 0.300. The molecule has 0 N–H and O–H groups in total. The number of halogens is 2. The summed E-state index contributed by atoms with van der Waals surface area (Å²) in [6.45, 7) is 4.15. The zero-order valence-electron chi connectivity index (χ0n) is 7.88. The lowest BCUT2D eigenvalue weighted by molar-refractivity contribution is 0.108. The molecule has 1 aromatic carbocycles. The highest BCUT2D eigenvalue weighted by Gasteiger charge is 2.06. The Morgan fingerprint density at radius 1 is 1.36 bits per heavy atom. The van der Waals surface area contributed by atoms with Crippen LogP contribution >= 0.6 is 35.0 Å². The number of hydrogen-bond acceptors (Lipinski definition) is 2. The Morgan fingerprint density at radius 2 is 2.00 bits per heavy atom. The van der Waals surface area contributed by atoms with E-state index in [9.17, 15) is 4.79 Å². The molecule has 0 aromatic heterocycles. The molecule has 0 fully saturated rings. The van der Waals surface area contributed by atoms with E-state index in [1.165, 1.54) is 0 Å². The average Bonchev–Trinajstić information content (AvgIpc) is 2.01. The first-order valence-corrected chi connectivity index (χ1v) is 5.79. The van der Waals surface area contributed by atoms with Crippen molar-refractivity contribution < 1.29 is 4.79 Å². The fourth-order valence-corrected chi connectivity index (χ4v) is 2.36. The van der Waals surface area contributed by atoms with Gasteiger partial charge in [0.1, 0.15) is 0 Å². The molecule has 1 rings (SSSR count). The first kappa shape index (κ1) is 11.9. The fourth-order valence-electron chi connectivity index (χ4n) is 1.02. The normalized spacial score (nSPS) is 10.6. The van der Waals surface area contributed by atoms with Crippen LogP contribution in [-0.2, 0) is 0 Å². The van der Waals surface area contributed by atoms with Crippen molar-refractivity contribution in [3.05, 3.63) is 28.8 Å². The van der Waals surface area contributed by atoms with Gasteiger partial charge in [-0.05, 0) is 29.8 Å². The Hall–Kier alpha value is -0.180. The first-order valence-electron chi connectivity index (χ1n) is 4.16. The van der Waals surface area contributed by atoms with Crippen LogP contribution in [0.15, 0.2) is 23.1 Å². The number of benzene rings is 1. The summed E-state index contributed by atoms with van der Waals surface area (Å²) in [6.07, 6.45) is 0. The van der Waals surface area contributed by atoms with Crippen LogP contribution in [-0.4, -0.2) is 10.5 Å². The van der Waals surface area contributed by atoms with Crippen molar-refractivity contribution in [1.29, 1.82) is 0 Å². The quantitative estimate of drug-likeness (QED) is 0.589. The van der Waals surface area contributed by atoms with E-state index in [0.29, 0.717) is 15.8 Å². The van der Waals surface area contributed by atoms with Gasteiger partial charge in [-0.25, -0.2) is 0 Å². The SMILES string of the molecule is CC(C)Sc1cc(Cl)cc(C(=O)Cl)c1. The molecule has 14 heavy (non-hydrogen) atoms. The molecular formula is C10H10Cl2OS. The van der Waals surface area contributed by atoms with Crippen LogP contribution in [0.25, 0.3) is 0 Å². The largest absolute Gasteiger partial charge is 0.276 e. The zero-order chi connectivity index (χ0) is 10.7. The second-order valence-corrected chi connectivity index (χ2v) is 5.55. The van der Waals surface area contributed by atoms with Gasteiger partial charge < -0.3 is 0 Å². The minimum absolute atomic E-state index is 0.447. The van der Waals surface area contributed by atoms with Gasteiger partial charge in [-0.1, -0.05) is 25.4 Å². The van der Waals surface area contributed by atoms with Crippen LogP contribution in [0, 0.1) is 0 Å². The molecule has 0 atom stereocenters. The van der Waals surface area contributed by atoms with Gasteiger partial charge in [0, 0.05) is 20.7 Å². The summed E-state index contributed by atoms with van der Waals surface area (Å²) in [4.78, 5) is 11.9.